The Kier molecular flexibility index (Phi) is 7.07. The van der Waals surface area contributed by atoms with E-state index in [0.29, 0.717) is 22.6 Å². The number of nitrogens with one attached hydrogen (secondary N) is 1. The summed E-state index contributed by atoms with van der Waals surface area (Å²) >= 11 is 0. The number of alkyl halides is 3. The van der Waals surface area contributed by atoms with Crippen molar-refractivity contribution in [3.63, 3.8) is 0 Å². The summed E-state index contributed by atoms with van der Waals surface area (Å²) in [5.41, 5.74) is 1.17. The van der Waals surface area contributed by atoms with Gasteiger partial charge < -0.3 is 14.5 Å². The van der Waals surface area contributed by atoms with Crippen LogP contribution < -0.4 is 10.3 Å². The maximum atomic E-state index is 13.7. The van der Waals surface area contributed by atoms with Crippen LogP contribution in [0.1, 0.15) is 34.6 Å². The van der Waals surface area contributed by atoms with Crippen LogP contribution in [-0.2, 0) is 4.74 Å². The molecule has 0 bridgehead atoms. The predicted octanol–water partition coefficient (Wildman–Crippen LogP) is 5.31. The maximum Gasteiger partial charge on any atom is 0.429 e. The lowest BCUT2D eigenvalue weighted by Crippen LogP contribution is -2.26. The number of nitrogens with zero attached hydrogens (tertiary/aromatic N) is 4. The van der Waals surface area contributed by atoms with Crippen LogP contribution in [0.3, 0.4) is 0 Å². The van der Waals surface area contributed by atoms with Gasteiger partial charge in [0.25, 0.3) is 5.56 Å². The van der Waals surface area contributed by atoms with Gasteiger partial charge in [-0.1, -0.05) is 30.3 Å². The number of H-pyrrole nitrogens is 1. The quantitative estimate of drug-likeness (QED) is 0.274. The molecule has 12 heteroatoms. The number of hydrogen-bond donors (Lipinski definition) is 1. The monoisotopic (exact) mass is 549 g/mol. The van der Waals surface area contributed by atoms with E-state index in [1.807, 2.05) is 0 Å². The summed E-state index contributed by atoms with van der Waals surface area (Å²) in [6, 6.07) is 14.3. The molecule has 0 spiro atoms. The Labute approximate surface area is 225 Å². The molecular weight excluding hydrogens is 527 g/mol. The lowest BCUT2D eigenvalue weighted by molar-refractivity contribution is -0.198. The molecular formula is C28H22F3N5O4. The number of aryl methyl sites for hydroxylation is 1. The van der Waals surface area contributed by atoms with Gasteiger partial charge in [0.15, 0.2) is 5.65 Å². The zero-order chi connectivity index (χ0) is 28.4. The van der Waals surface area contributed by atoms with Crippen LogP contribution >= 0.6 is 0 Å². The molecule has 5 rings (SSSR count). The topological polar surface area (TPSA) is 111 Å². The van der Waals surface area contributed by atoms with Crippen molar-refractivity contribution in [3.8, 4) is 28.4 Å². The summed E-state index contributed by atoms with van der Waals surface area (Å²) in [5.74, 6) is -0.733. The van der Waals surface area contributed by atoms with E-state index < -0.39 is 23.8 Å². The fourth-order valence-corrected chi connectivity index (χ4v) is 4.20. The Balaban J connectivity index is 1.55. The number of benzene rings is 2. The molecule has 1 atom stereocenters. The van der Waals surface area contributed by atoms with Crippen molar-refractivity contribution in [2.75, 3.05) is 6.61 Å². The van der Waals surface area contributed by atoms with Crippen LogP contribution in [0.25, 0.3) is 28.3 Å². The normalized spacial score (nSPS) is 12.3. The number of carbonyl (C=O) groups is 1. The number of halogens is 3. The summed E-state index contributed by atoms with van der Waals surface area (Å²) in [7, 11) is 0. The lowest BCUT2D eigenvalue weighted by atomic mass is 10.1. The molecule has 0 saturated carbocycles. The Morgan fingerprint density at radius 1 is 1.02 bits per heavy atom. The number of rotatable bonds is 7. The Morgan fingerprint density at radius 3 is 2.38 bits per heavy atom. The van der Waals surface area contributed by atoms with E-state index in [0.717, 1.165) is 4.52 Å². The van der Waals surface area contributed by atoms with Crippen LogP contribution in [-0.4, -0.2) is 43.3 Å². The number of aromatic nitrogens is 5. The fourth-order valence-electron chi connectivity index (χ4n) is 4.20. The summed E-state index contributed by atoms with van der Waals surface area (Å²) in [5, 5.41) is 4.32. The van der Waals surface area contributed by atoms with Gasteiger partial charge >= 0.3 is 12.1 Å². The van der Waals surface area contributed by atoms with Gasteiger partial charge in [-0.2, -0.15) is 22.8 Å². The zero-order valence-corrected chi connectivity index (χ0v) is 21.3. The molecule has 0 aliphatic carbocycles. The average molecular weight is 550 g/mol. The highest BCUT2D eigenvalue weighted by Gasteiger charge is 2.43. The second-order valence-corrected chi connectivity index (χ2v) is 8.69. The molecule has 3 aromatic heterocycles. The third-order valence-corrected chi connectivity index (χ3v) is 6.02. The lowest BCUT2D eigenvalue weighted by Gasteiger charge is -2.22. The van der Waals surface area contributed by atoms with E-state index in [2.05, 4.69) is 20.1 Å². The van der Waals surface area contributed by atoms with E-state index in [1.165, 1.54) is 67.0 Å². The van der Waals surface area contributed by atoms with Crippen LogP contribution in [0, 0.1) is 6.92 Å². The molecule has 0 aliphatic rings. The molecule has 0 aliphatic heterocycles. The molecule has 3 heterocycles. The molecule has 0 amide bonds. The van der Waals surface area contributed by atoms with Gasteiger partial charge in [-0.15, -0.1) is 0 Å². The maximum absolute atomic E-state index is 13.7. The molecule has 204 valence electrons. The second kappa shape index (κ2) is 10.6. The molecule has 1 N–H and O–H groups in total. The highest BCUT2D eigenvalue weighted by molar-refractivity contribution is 6.02. The van der Waals surface area contributed by atoms with Crippen molar-refractivity contribution in [2.24, 2.45) is 0 Å². The highest BCUT2D eigenvalue weighted by atomic mass is 19.4. The number of ether oxygens (including phenoxy) is 2. The Morgan fingerprint density at radius 2 is 1.73 bits per heavy atom. The van der Waals surface area contributed by atoms with Crippen LogP contribution in [0.2, 0.25) is 0 Å². The number of esters is 1. The van der Waals surface area contributed by atoms with Gasteiger partial charge in [-0.25, -0.2) is 4.79 Å². The molecule has 2 aromatic carbocycles. The third-order valence-electron chi connectivity index (χ3n) is 6.02. The van der Waals surface area contributed by atoms with Crippen molar-refractivity contribution in [1.82, 2.24) is 24.6 Å². The minimum absolute atomic E-state index is 0.000216. The molecule has 40 heavy (non-hydrogen) atoms. The largest absolute Gasteiger partial charge is 0.476 e. The van der Waals surface area contributed by atoms with E-state index >= 15 is 0 Å². The summed E-state index contributed by atoms with van der Waals surface area (Å²) in [6.45, 7) is 3.43. The third kappa shape index (κ3) is 5.15. The van der Waals surface area contributed by atoms with Crippen molar-refractivity contribution < 1.29 is 27.4 Å². The molecule has 0 fully saturated rings. The number of hydrogen-bond acceptors (Lipinski definition) is 7. The van der Waals surface area contributed by atoms with Gasteiger partial charge in [0, 0.05) is 24.0 Å². The van der Waals surface area contributed by atoms with Crippen molar-refractivity contribution in [1.29, 1.82) is 0 Å². The highest BCUT2D eigenvalue weighted by Crippen LogP contribution is 2.37. The Bertz CT molecular complexity index is 1730. The minimum atomic E-state index is -4.64. The van der Waals surface area contributed by atoms with Crippen LogP contribution in [0.5, 0.6) is 5.75 Å². The van der Waals surface area contributed by atoms with Gasteiger partial charge in [-0.05, 0) is 43.7 Å². The first kappa shape index (κ1) is 26.6. The summed E-state index contributed by atoms with van der Waals surface area (Å²) in [6.07, 6.45) is -3.86. The van der Waals surface area contributed by atoms with Gasteiger partial charge in [0.1, 0.15) is 22.7 Å². The first-order valence-corrected chi connectivity index (χ1v) is 12.2. The van der Waals surface area contributed by atoms with Gasteiger partial charge in [0.2, 0.25) is 6.10 Å². The molecule has 9 nitrogen and oxygen atoms in total. The average Bonchev–Trinajstić information content (AvgIpc) is 3.32. The van der Waals surface area contributed by atoms with E-state index in [9.17, 15) is 22.8 Å². The van der Waals surface area contributed by atoms with Crippen molar-refractivity contribution in [2.45, 2.75) is 26.1 Å². The summed E-state index contributed by atoms with van der Waals surface area (Å²) in [4.78, 5) is 37.5. The summed E-state index contributed by atoms with van der Waals surface area (Å²) < 4.78 is 52.7. The number of fused-ring (bicyclic) bond motifs is 1. The first-order chi connectivity index (χ1) is 19.2. The molecule has 5 aromatic rings. The van der Waals surface area contributed by atoms with Crippen LogP contribution in [0.4, 0.5) is 13.2 Å². The fraction of sp³-hybridized carbons (Fsp3) is 0.179. The molecule has 0 radical (unpaired) electrons. The van der Waals surface area contributed by atoms with Crippen molar-refractivity contribution in [3.05, 3.63) is 100 Å². The van der Waals surface area contributed by atoms with Gasteiger partial charge in [0.05, 0.1) is 18.0 Å². The van der Waals surface area contributed by atoms with Crippen LogP contribution in [0.15, 0.2) is 77.9 Å². The van der Waals surface area contributed by atoms with E-state index in [1.54, 1.807) is 19.9 Å². The predicted molar refractivity (Wildman–Crippen MR) is 139 cm³/mol. The zero-order valence-electron chi connectivity index (χ0n) is 21.3. The molecule has 0 saturated heterocycles. The Hall–Kier alpha value is -5.00. The standard InChI is InChI=1S/C28H22F3N5O4/c1-3-39-27(38)22-24(23-16(2)32-13-14-33-23)35-36-21(37)15-20(34-26(22)36)17-9-11-19(12-10-17)40-25(28(29,30)31)18-7-5-4-6-8-18/h4-15,25,34H,3H2,1-2H3/t25-/m0/s1. The van der Waals surface area contributed by atoms with Gasteiger partial charge in [-0.3, -0.25) is 14.8 Å². The smallest absolute Gasteiger partial charge is 0.429 e. The molecule has 0 unspecified atom stereocenters. The minimum Gasteiger partial charge on any atom is -0.476 e. The van der Waals surface area contributed by atoms with Crippen molar-refractivity contribution >= 4 is 11.6 Å². The second-order valence-electron chi connectivity index (χ2n) is 8.69. The van der Waals surface area contributed by atoms with E-state index in [4.69, 9.17) is 9.47 Å². The SMILES string of the molecule is CCOC(=O)c1c(-c2nccnc2C)nn2c(=O)cc(-c3ccc(O[C@@H](c4ccccc4)C(F)(F)F)cc3)[nH]c12. The number of carbonyl (C=O) groups excluding carboxylic acids is 1. The van der Waals surface area contributed by atoms with E-state index in [-0.39, 0.29) is 34.8 Å². The number of aromatic amines is 1. The first-order valence-electron chi connectivity index (χ1n) is 12.2.